The Bertz CT molecular complexity index is 1190. The molecule has 1 N–H and O–H groups in total. The number of carbonyl (C=O) groups excluding carboxylic acids is 1. The van der Waals surface area contributed by atoms with Crippen LogP contribution in [0.5, 0.6) is 0 Å². The number of nitrogens with one attached hydrogen (secondary N) is 1. The van der Waals surface area contributed by atoms with Crippen molar-refractivity contribution in [2.24, 2.45) is 0 Å². The van der Waals surface area contributed by atoms with Crippen LogP contribution in [0.4, 0.5) is 5.69 Å². The van der Waals surface area contributed by atoms with Crippen LogP contribution in [0.2, 0.25) is 5.02 Å². The number of carbonyl (C=O) groups is 1. The lowest BCUT2D eigenvalue weighted by molar-refractivity contribution is -0.119. The maximum Gasteiger partial charge on any atom is 0.264 e. The van der Waals surface area contributed by atoms with Crippen LogP contribution in [0, 0.1) is 20.8 Å². The summed E-state index contributed by atoms with van der Waals surface area (Å²) in [6.45, 7) is 5.52. The molecular weight excluding hydrogens is 432 g/mol. The molecule has 5 nitrogen and oxygen atoms in total. The van der Waals surface area contributed by atoms with Crippen LogP contribution in [0.15, 0.2) is 71.6 Å². The van der Waals surface area contributed by atoms with Crippen molar-refractivity contribution in [3.05, 3.63) is 94.0 Å². The molecule has 31 heavy (non-hydrogen) atoms. The van der Waals surface area contributed by atoms with Gasteiger partial charge in [-0.15, -0.1) is 0 Å². The van der Waals surface area contributed by atoms with Gasteiger partial charge in [-0.05, 0) is 61.7 Å². The normalized spacial score (nSPS) is 11.2. The maximum absolute atomic E-state index is 13.5. The number of amides is 1. The predicted molar refractivity (Wildman–Crippen MR) is 125 cm³/mol. The highest BCUT2D eigenvalue weighted by Crippen LogP contribution is 2.28. The molecule has 0 aliphatic carbocycles. The van der Waals surface area contributed by atoms with Gasteiger partial charge in [0.2, 0.25) is 5.91 Å². The number of hydrogen-bond acceptors (Lipinski definition) is 3. The van der Waals surface area contributed by atoms with E-state index in [1.165, 1.54) is 4.31 Å². The molecular formula is C24H25ClN2O3S. The average Bonchev–Trinajstić information content (AvgIpc) is 2.74. The number of hydrogen-bond donors (Lipinski definition) is 1. The molecule has 0 saturated carbocycles. The van der Waals surface area contributed by atoms with Crippen molar-refractivity contribution in [1.82, 2.24) is 5.32 Å². The van der Waals surface area contributed by atoms with Gasteiger partial charge in [0, 0.05) is 11.6 Å². The Kier molecular flexibility index (Phi) is 7.03. The Morgan fingerprint density at radius 2 is 1.61 bits per heavy atom. The molecule has 0 bridgehead atoms. The number of aryl methyl sites for hydroxylation is 2. The van der Waals surface area contributed by atoms with E-state index in [0.717, 1.165) is 22.3 Å². The molecule has 162 valence electrons. The second kappa shape index (κ2) is 9.54. The van der Waals surface area contributed by atoms with Gasteiger partial charge in [-0.1, -0.05) is 59.6 Å². The summed E-state index contributed by atoms with van der Waals surface area (Å²) < 4.78 is 28.2. The highest BCUT2D eigenvalue weighted by atomic mass is 35.5. The largest absolute Gasteiger partial charge is 0.350 e. The quantitative estimate of drug-likeness (QED) is 0.556. The van der Waals surface area contributed by atoms with E-state index in [4.69, 9.17) is 11.6 Å². The highest BCUT2D eigenvalue weighted by Gasteiger charge is 2.28. The van der Waals surface area contributed by atoms with Gasteiger partial charge in [0.15, 0.2) is 0 Å². The van der Waals surface area contributed by atoms with Crippen LogP contribution < -0.4 is 9.62 Å². The average molecular weight is 457 g/mol. The number of sulfonamides is 1. The first-order chi connectivity index (χ1) is 14.7. The summed E-state index contributed by atoms with van der Waals surface area (Å²) in [5.74, 6) is -0.420. The third-order valence-electron chi connectivity index (χ3n) is 5.17. The lowest BCUT2D eigenvalue weighted by Crippen LogP contribution is -2.41. The monoisotopic (exact) mass is 456 g/mol. The summed E-state index contributed by atoms with van der Waals surface area (Å²) in [4.78, 5) is 12.9. The molecule has 7 heteroatoms. The van der Waals surface area contributed by atoms with Crippen molar-refractivity contribution < 1.29 is 13.2 Å². The standard InChI is InChI=1S/C24H25ClN2O3S/c1-17-11-13-21(14-12-17)31(29,30)27(23-10-6-7-18(2)19(23)3)16-24(28)26-15-20-8-4-5-9-22(20)25/h4-14H,15-16H2,1-3H3,(H,26,28). The molecule has 0 aliphatic heterocycles. The third-order valence-corrected chi connectivity index (χ3v) is 7.32. The molecule has 3 aromatic rings. The molecule has 0 radical (unpaired) electrons. The van der Waals surface area contributed by atoms with Crippen molar-refractivity contribution >= 4 is 33.2 Å². The van der Waals surface area contributed by atoms with Gasteiger partial charge in [-0.25, -0.2) is 8.42 Å². The number of benzene rings is 3. The van der Waals surface area contributed by atoms with E-state index in [2.05, 4.69) is 5.32 Å². The van der Waals surface area contributed by atoms with Gasteiger partial charge in [-0.3, -0.25) is 9.10 Å². The fraction of sp³-hybridized carbons (Fsp3) is 0.208. The van der Waals surface area contributed by atoms with Crippen molar-refractivity contribution in [2.75, 3.05) is 10.8 Å². The van der Waals surface area contributed by atoms with Crippen LogP contribution in [0.3, 0.4) is 0 Å². The van der Waals surface area contributed by atoms with Crippen molar-refractivity contribution in [1.29, 1.82) is 0 Å². The van der Waals surface area contributed by atoms with Crippen LogP contribution in [-0.4, -0.2) is 20.9 Å². The zero-order valence-electron chi connectivity index (χ0n) is 17.7. The minimum Gasteiger partial charge on any atom is -0.350 e. The Hall–Kier alpha value is -2.83. The Labute approximate surface area is 188 Å². The molecule has 3 aromatic carbocycles. The topological polar surface area (TPSA) is 66.5 Å². The molecule has 0 unspecified atom stereocenters. The first kappa shape index (κ1) is 22.8. The second-order valence-corrected chi connectivity index (χ2v) is 9.68. The predicted octanol–water partition coefficient (Wildman–Crippen LogP) is 4.78. The second-order valence-electron chi connectivity index (χ2n) is 7.41. The van der Waals surface area contributed by atoms with Gasteiger partial charge < -0.3 is 5.32 Å². The van der Waals surface area contributed by atoms with E-state index in [-0.39, 0.29) is 18.0 Å². The maximum atomic E-state index is 13.5. The van der Waals surface area contributed by atoms with Gasteiger partial charge in [0.25, 0.3) is 10.0 Å². The molecule has 0 fully saturated rings. The molecule has 0 saturated heterocycles. The van der Waals surface area contributed by atoms with E-state index in [0.29, 0.717) is 10.7 Å². The number of nitrogens with zero attached hydrogens (tertiary/aromatic N) is 1. The van der Waals surface area contributed by atoms with E-state index in [9.17, 15) is 13.2 Å². The summed E-state index contributed by atoms with van der Waals surface area (Å²) >= 11 is 6.16. The Morgan fingerprint density at radius 3 is 2.29 bits per heavy atom. The van der Waals surface area contributed by atoms with E-state index in [1.54, 1.807) is 42.5 Å². The summed E-state index contributed by atoms with van der Waals surface area (Å²) in [5.41, 5.74) is 3.94. The summed E-state index contributed by atoms with van der Waals surface area (Å²) in [7, 11) is -3.95. The molecule has 0 aliphatic rings. The Morgan fingerprint density at radius 1 is 0.935 bits per heavy atom. The van der Waals surface area contributed by atoms with Gasteiger partial charge in [0.05, 0.1) is 10.6 Å². The van der Waals surface area contributed by atoms with Gasteiger partial charge in [0.1, 0.15) is 6.54 Å². The first-order valence-electron chi connectivity index (χ1n) is 9.86. The first-order valence-corrected chi connectivity index (χ1v) is 11.7. The Balaban J connectivity index is 1.92. The van der Waals surface area contributed by atoms with E-state index in [1.807, 2.05) is 45.0 Å². The minimum absolute atomic E-state index is 0.137. The summed E-state index contributed by atoms with van der Waals surface area (Å²) in [6.07, 6.45) is 0. The van der Waals surface area contributed by atoms with Crippen molar-refractivity contribution in [2.45, 2.75) is 32.2 Å². The molecule has 1 amide bonds. The van der Waals surface area contributed by atoms with Crippen molar-refractivity contribution in [3.63, 3.8) is 0 Å². The molecule has 0 aromatic heterocycles. The van der Waals surface area contributed by atoms with Crippen LogP contribution in [0.1, 0.15) is 22.3 Å². The number of rotatable bonds is 7. The molecule has 3 rings (SSSR count). The molecule has 0 heterocycles. The van der Waals surface area contributed by atoms with Crippen LogP contribution in [0.25, 0.3) is 0 Å². The SMILES string of the molecule is Cc1ccc(S(=O)(=O)N(CC(=O)NCc2ccccc2Cl)c2cccc(C)c2C)cc1. The lowest BCUT2D eigenvalue weighted by atomic mass is 10.1. The number of anilines is 1. The fourth-order valence-electron chi connectivity index (χ4n) is 3.16. The lowest BCUT2D eigenvalue weighted by Gasteiger charge is -2.26. The third kappa shape index (κ3) is 5.27. The van der Waals surface area contributed by atoms with Crippen LogP contribution in [-0.2, 0) is 21.4 Å². The highest BCUT2D eigenvalue weighted by molar-refractivity contribution is 7.92. The smallest absolute Gasteiger partial charge is 0.264 e. The summed E-state index contributed by atoms with van der Waals surface area (Å²) in [6, 6.07) is 19.2. The van der Waals surface area contributed by atoms with E-state index >= 15 is 0 Å². The van der Waals surface area contributed by atoms with Crippen LogP contribution >= 0.6 is 11.6 Å². The minimum atomic E-state index is -3.95. The van der Waals surface area contributed by atoms with Gasteiger partial charge >= 0.3 is 0 Å². The van der Waals surface area contributed by atoms with Crippen molar-refractivity contribution in [3.8, 4) is 0 Å². The van der Waals surface area contributed by atoms with E-state index < -0.39 is 15.9 Å². The zero-order valence-corrected chi connectivity index (χ0v) is 19.3. The molecule has 0 atom stereocenters. The van der Waals surface area contributed by atoms with Gasteiger partial charge in [-0.2, -0.15) is 0 Å². The summed E-state index contributed by atoms with van der Waals surface area (Å²) in [5, 5.41) is 3.32. The fourth-order valence-corrected chi connectivity index (χ4v) is 4.85. The zero-order chi connectivity index (χ0) is 22.6. The number of halogens is 1. The molecule has 0 spiro atoms.